The Bertz CT molecular complexity index is 1170. The van der Waals surface area contributed by atoms with Gasteiger partial charge in [0, 0.05) is 49.6 Å². The van der Waals surface area contributed by atoms with Crippen molar-refractivity contribution < 1.29 is 14.3 Å². The molecule has 0 aliphatic carbocycles. The predicted octanol–water partition coefficient (Wildman–Crippen LogP) is 4.06. The highest BCUT2D eigenvalue weighted by Crippen LogP contribution is 2.33. The molecule has 7 nitrogen and oxygen atoms in total. The number of para-hydroxylation sites is 1. The quantitative estimate of drug-likeness (QED) is 0.603. The highest BCUT2D eigenvalue weighted by atomic mass is 16.5. The van der Waals surface area contributed by atoms with Crippen LogP contribution in [0.5, 0.6) is 5.75 Å². The number of aryl methyl sites for hydroxylation is 1. The van der Waals surface area contributed by atoms with Gasteiger partial charge in [-0.3, -0.25) is 14.6 Å². The van der Waals surface area contributed by atoms with Crippen molar-refractivity contribution in [2.75, 3.05) is 32.1 Å². The van der Waals surface area contributed by atoms with Crippen molar-refractivity contribution in [3.05, 3.63) is 89.2 Å². The van der Waals surface area contributed by atoms with E-state index >= 15 is 0 Å². The number of ether oxygens (including phenoxy) is 1. The van der Waals surface area contributed by atoms with Gasteiger partial charge in [-0.05, 0) is 42.8 Å². The summed E-state index contributed by atoms with van der Waals surface area (Å²) in [6.07, 6.45) is 1.77. The normalized spacial score (nSPS) is 15.7. The number of carbonyl (C=O) groups excluding carboxylic acids is 2. The molecule has 7 heteroatoms. The molecular formula is C27H30N4O3. The standard InChI is InChI=1S/C27H30N4O3/c1-19-11-12-21(16-24(19)29-17-22-8-6-7-13-28-22)27(33)31-15-14-30(20(2)32)18-25(31)23-9-4-5-10-26(23)34-3/h4-13,16,25,29H,14-15,17-18H2,1-3H3/t25-/m0/s1. The van der Waals surface area contributed by atoms with E-state index in [1.54, 1.807) is 25.1 Å². The van der Waals surface area contributed by atoms with Crippen molar-refractivity contribution in [3.63, 3.8) is 0 Å². The minimum Gasteiger partial charge on any atom is -0.496 e. The first kappa shape index (κ1) is 23.3. The molecule has 1 atom stereocenters. The summed E-state index contributed by atoms with van der Waals surface area (Å²) in [6.45, 7) is 5.53. The molecular weight excluding hydrogens is 428 g/mol. The summed E-state index contributed by atoms with van der Waals surface area (Å²) in [6, 6.07) is 18.9. The number of anilines is 1. The molecule has 1 saturated heterocycles. The van der Waals surface area contributed by atoms with Crippen LogP contribution in [0.3, 0.4) is 0 Å². The van der Waals surface area contributed by atoms with Gasteiger partial charge in [-0.1, -0.05) is 30.3 Å². The largest absolute Gasteiger partial charge is 0.496 e. The lowest BCUT2D eigenvalue weighted by atomic mass is 9.99. The van der Waals surface area contributed by atoms with Crippen LogP contribution in [0.1, 0.15) is 40.1 Å². The number of benzene rings is 2. The molecule has 1 fully saturated rings. The summed E-state index contributed by atoms with van der Waals surface area (Å²) < 4.78 is 5.58. The second-order valence-electron chi connectivity index (χ2n) is 8.43. The van der Waals surface area contributed by atoms with Crippen LogP contribution < -0.4 is 10.1 Å². The van der Waals surface area contributed by atoms with E-state index in [1.807, 2.05) is 72.5 Å². The number of carbonyl (C=O) groups is 2. The van der Waals surface area contributed by atoms with Gasteiger partial charge < -0.3 is 19.9 Å². The Kier molecular flexibility index (Phi) is 7.11. The molecule has 4 rings (SSSR count). The van der Waals surface area contributed by atoms with E-state index in [-0.39, 0.29) is 17.9 Å². The fourth-order valence-corrected chi connectivity index (χ4v) is 4.32. The molecule has 0 bridgehead atoms. The lowest BCUT2D eigenvalue weighted by molar-refractivity contribution is -0.131. The Hall–Kier alpha value is -3.87. The first-order valence-electron chi connectivity index (χ1n) is 11.4. The van der Waals surface area contributed by atoms with Crippen LogP contribution in [-0.4, -0.2) is 53.3 Å². The second kappa shape index (κ2) is 10.4. The molecule has 34 heavy (non-hydrogen) atoms. The first-order chi connectivity index (χ1) is 16.5. The van der Waals surface area contributed by atoms with Gasteiger partial charge in [-0.15, -0.1) is 0 Å². The number of rotatable bonds is 6. The van der Waals surface area contributed by atoms with Crippen molar-refractivity contribution in [1.82, 2.24) is 14.8 Å². The van der Waals surface area contributed by atoms with Crippen molar-refractivity contribution in [2.45, 2.75) is 26.4 Å². The topological polar surface area (TPSA) is 74.8 Å². The van der Waals surface area contributed by atoms with Crippen LogP contribution >= 0.6 is 0 Å². The Labute approximate surface area is 200 Å². The van der Waals surface area contributed by atoms with E-state index in [9.17, 15) is 9.59 Å². The van der Waals surface area contributed by atoms with Crippen LogP contribution in [0, 0.1) is 6.92 Å². The number of piperazine rings is 1. The fraction of sp³-hybridized carbons (Fsp3) is 0.296. The van der Waals surface area contributed by atoms with Gasteiger partial charge in [0.2, 0.25) is 5.91 Å². The molecule has 2 aromatic carbocycles. The third-order valence-corrected chi connectivity index (χ3v) is 6.26. The Morgan fingerprint density at radius 2 is 1.88 bits per heavy atom. The average Bonchev–Trinajstić information content (AvgIpc) is 2.88. The summed E-state index contributed by atoms with van der Waals surface area (Å²) in [5.41, 5.74) is 4.37. The highest BCUT2D eigenvalue weighted by molar-refractivity contribution is 5.96. The van der Waals surface area contributed by atoms with Gasteiger partial charge in [0.25, 0.3) is 5.91 Å². The van der Waals surface area contributed by atoms with Crippen LogP contribution in [0.15, 0.2) is 66.9 Å². The molecule has 1 aliphatic rings. The number of nitrogens with one attached hydrogen (secondary N) is 1. The maximum atomic E-state index is 13.7. The van der Waals surface area contributed by atoms with Gasteiger partial charge >= 0.3 is 0 Å². The number of pyridine rings is 1. The molecule has 1 N–H and O–H groups in total. The number of amides is 2. The van der Waals surface area contributed by atoms with E-state index < -0.39 is 0 Å². The van der Waals surface area contributed by atoms with Gasteiger partial charge in [-0.25, -0.2) is 0 Å². The van der Waals surface area contributed by atoms with Crippen LogP contribution in [0.4, 0.5) is 5.69 Å². The summed E-state index contributed by atoms with van der Waals surface area (Å²) in [4.78, 5) is 33.9. The predicted molar refractivity (Wildman–Crippen MR) is 132 cm³/mol. The number of hydrogen-bond donors (Lipinski definition) is 1. The number of methoxy groups -OCH3 is 1. The molecule has 0 spiro atoms. The molecule has 0 unspecified atom stereocenters. The highest BCUT2D eigenvalue weighted by Gasteiger charge is 2.34. The maximum absolute atomic E-state index is 13.7. The molecule has 1 aliphatic heterocycles. The van der Waals surface area contributed by atoms with Crippen LogP contribution in [0.2, 0.25) is 0 Å². The van der Waals surface area contributed by atoms with E-state index in [0.29, 0.717) is 37.5 Å². The average molecular weight is 459 g/mol. The molecule has 176 valence electrons. The van der Waals surface area contributed by atoms with Gasteiger partial charge in [0.15, 0.2) is 0 Å². The Morgan fingerprint density at radius 1 is 1.09 bits per heavy atom. The van der Waals surface area contributed by atoms with E-state index in [4.69, 9.17) is 4.74 Å². The van der Waals surface area contributed by atoms with Gasteiger partial charge in [0.05, 0.1) is 25.4 Å². The van der Waals surface area contributed by atoms with Crippen LogP contribution in [0.25, 0.3) is 0 Å². The maximum Gasteiger partial charge on any atom is 0.254 e. The summed E-state index contributed by atoms with van der Waals surface area (Å²) in [7, 11) is 1.62. The van der Waals surface area contributed by atoms with Crippen molar-refractivity contribution >= 4 is 17.5 Å². The molecule has 2 heterocycles. The van der Waals surface area contributed by atoms with Crippen molar-refractivity contribution in [3.8, 4) is 5.75 Å². The zero-order valence-corrected chi connectivity index (χ0v) is 19.8. The number of aromatic nitrogens is 1. The zero-order chi connectivity index (χ0) is 24.1. The van der Waals surface area contributed by atoms with Crippen molar-refractivity contribution in [1.29, 1.82) is 0 Å². The first-order valence-corrected chi connectivity index (χ1v) is 11.4. The summed E-state index contributed by atoms with van der Waals surface area (Å²) in [5.74, 6) is 0.639. The van der Waals surface area contributed by atoms with Gasteiger partial charge in [-0.2, -0.15) is 0 Å². The van der Waals surface area contributed by atoms with E-state index in [0.717, 1.165) is 22.5 Å². The zero-order valence-electron chi connectivity index (χ0n) is 19.8. The Morgan fingerprint density at radius 3 is 2.62 bits per heavy atom. The third kappa shape index (κ3) is 5.03. The third-order valence-electron chi connectivity index (χ3n) is 6.26. The Balaban J connectivity index is 1.61. The molecule has 1 aromatic heterocycles. The number of nitrogens with zero attached hydrogens (tertiary/aromatic N) is 3. The lowest BCUT2D eigenvalue weighted by Crippen LogP contribution is -2.52. The van der Waals surface area contributed by atoms with Crippen LogP contribution in [-0.2, 0) is 11.3 Å². The second-order valence-corrected chi connectivity index (χ2v) is 8.43. The van der Waals surface area contributed by atoms with Gasteiger partial charge in [0.1, 0.15) is 5.75 Å². The monoisotopic (exact) mass is 458 g/mol. The lowest BCUT2D eigenvalue weighted by Gasteiger charge is -2.41. The smallest absolute Gasteiger partial charge is 0.254 e. The fourth-order valence-electron chi connectivity index (χ4n) is 4.32. The molecule has 0 saturated carbocycles. The van der Waals surface area contributed by atoms with Crippen molar-refractivity contribution in [2.24, 2.45) is 0 Å². The molecule has 3 aromatic rings. The molecule has 2 amide bonds. The summed E-state index contributed by atoms with van der Waals surface area (Å²) >= 11 is 0. The number of hydrogen-bond acceptors (Lipinski definition) is 5. The molecule has 0 radical (unpaired) electrons. The SMILES string of the molecule is COc1ccccc1[C@@H]1CN(C(C)=O)CCN1C(=O)c1ccc(C)c(NCc2ccccn2)c1. The summed E-state index contributed by atoms with van der Waals surface area (Å²) in [5, 5.41) is 3.40. The van der Waals surface area contributed by atoms with E-state index in [1.165, 1.54) is 0 Å². The van der Waals surface area contributed by atoms with E-state index in [2.05, 4.69) is 10.3 Å². The minimum atomic E-state index is -0.299. The minimum absolute atomic E-state index is 0.00309.